The average molecular weight is 433 g/mol. The minimum atomic E-state index is -0.0682. The van der Waals surface area contributed by atoms with Crippen LogP contribution in [0, 0.1) is 0 Å². The topological polar surface area (TPSA) is 51.2 Å². The molecular formula is C26H28N2O4. The standard InChI is InChI=1S/C26H28N2O4/c1-27-13-14-28(17-20-11-7-8-12-22(20)27)26(29)21-15-23(30-2)25(24(16-21)31-3)32-18-19-9-5-4-6-10-19/h4-12,15-16H,13-14,17-18H2,1-3H3. The molecule has 0 aliphatic carbocycles. The van der Waals surface area contributed by atoms with Crippen molar-refractivity contribution in [2.45, 2.75) is 13.2 Å². The van der Waals surface area contributed by atoms with Gasteiger partial charge in [-0.2, -0.15) is 0 Å². The Hall–Kier alpha value is -3.67. The Bertz CT molecular complexity index is 1060. The van der Waals surface area contributed by atoms with Crippen molar-refractivity contribution in [3.05, 3.63) is 83.4 Å². The molecule has 32 heavy (non-hydrogen) atoms. The molecule has 3 aromatic rings. The normalized spacial score (nSPS) is 13.2. The molecule has 0 aromatic heterocycles. The molecule has 0 saturated heterocycles. The van der Waals surface area contributed by atoms with Gasteiger partial charge in [0, 0.05) is 37.9 Å². The highest BCUT2D eigenvalue weighted by Crippen LogP contribution is 2.39. The van der Waals surface area contributed by atoms with Crippen LogP contribution in [0.4, 0.5) is 5.69 Å². The van der Waals surface area contributed by atoms with E-state index in [4.69, 9.17) is 14.2 Å². The number of amides is 1. The van der Waals surface area contributed by atoms with Crippen LogP contribution in [-0.2, 0) is 13.2 Å². The Kier molecular flexibility index (Phi) is 6.50. The zero-order valence-electron chi connectivity index (χ0n) is 18.7. The zero-order chi connectivity index (χ0) is 22.5. The summed E-state index contributed by atoms with van der Waals surface area (Å²) in [6.45, 7) is 2.31. The number of hydrogen-bond acceptors (Lipinski definition) is 5. The second kappa shape index (κ2) is 9.64. The number of carbonyl (C=O) groups excluding carboxylic acids is 1. The molecule has 4 rings (SSSR count). The zero-order valence-corrected chi connectivity index (χ0v) is 18.7. The molecule has 0 spiro atoms. The average Bonchev–Trinajstić information content (AvgIpc) is 3.01. The summed E-state index contributed by atoms with van der Waals surface area (Å²) in [4.78, 5) is 17.5. The number of anilines is 1. The molecule has 1 heterocycles. The Morgan fingerprint density at radius 1 is 0.906 bits per heavy atom. The van der Waals surface area contributed by atoms with Crippen LogP contribution < -0.4 is 19.1 Å². The molecule has 0 bridgehead atoms. The molecule has 0 unspecified atom stereocenters. The molecule has 1 aliphatic rings. The lowest BCUT2D eigenvalue weighted by Gasteiger charge is -2.22. The molecule has 1 aliphatic heterocycles. The van der Waals surface area contributed by atoms with Crippen molar-refractivity contribution in [2.24, 2.45) is 0 Å². The summed E-state index contributed by atoms with van der Waals surface area (Å²) in [6, 6.07) is 21.5. The van der Waals surface area contributed by atoms with Crippen LogP contribution in [0.3, 0.4) is 0 Å². The Morgan fingerprint density at radius 2 is 1.56 bits per heavy atom. The lowest BCUT2D eigenvalue weighted by Crippen LogP contribution is -2.34. The fourth-order valence-electron chi connectivity index (χ4n) is 3.92. The van der Waals surface area contributed by atoms with E-state index in [9.17, 15) is 4.79 Å². The third-order valence-corrected chi connectivity index (χ3v) is 5.69. The SMILES string of the molecule is COc1cc(C(=O)N2CCN(C)c3ccccc3C2)cc(OC)c1OCc1ccccc1. The summed E-state index contributed by atoms with van der Waals surface area (Å²) in [6.07, 6.45) is 0. The largest absolute Gasteiger partial charge is 0.493 e. The number of rotatable bonds is 6. The predicted molar refractivity (Wildman–Crippen MR) is 125 cm³/mol. The fraction of sp³-hybridized carbons (Fsp3) is 0.269. The molecule has 6 heteroatoms. The summed E-state index contributed by atoms with van der Waals surface area (Å²) >= 11 is 0. The van der Waals surface area contributed by atoms with E-state index in [1.54, 1.807) is 26.4 Å². The van der Waals surface area contributed by atoms with Gasteiger partial charge in [-0.05, 0) is 29.3 Å². The Labute approximate surface area is 188 Å². The van der Waals surface area contributed by atoms with Gasteiger partial charge in [-0.3, -0.25) is 4.79 Å². The van der Waals surface area contributed by atoms with Gasteiger partial charge in [0.05, 0.1) is 14.2 Å². The van der Waals surface area contributed by atoms with E-state index in [-0.39, 0.29) is 5.91 Å². The first-order chi connectivity index (χ1) is 15.6. The first-order valence-corrected chi connectivity index (χ1v) is 10.6. The van der Waals surface area contributed by atoms with Gasteiger partial charge in [0.15, 0.2) is 11.5 Å². The van der Waals surface area contributed by atoms with Crippen molar-refractivity contribution in [3.8, 4) is 17.2 Å². The highest BCUT2D eigenvalue weighted by atomic mass is 16.5. The van der Waals surface area contributed by atoms with E-state index in [1.807, 2.05) is 47.4 Å². The summed E-state index contributed by atoms with van der Waals surface area (Å²) < 4.78 is 17.2. The van der Waals surface area contributed by atoms with E-state index in [1.165, 1.54) is 0 Å². The number of carbonyl (C=O) groups is 1. The summed E-state index contributed by atoms with van der Waals surface area (Å²) in [5, 5.41) is 0. The number of benzene rings is 3. The number of ether oxygens (including phenoxy) is 3. The third kappa shape index (κ3) is 4.49. The van der Waals surface area contributed by atoms with Gasteiger partial charge >= 0.3 is 0 Å². The third-order valence-electron chi connectivity index (χ3n) is 5.69. The second-order valence-corrected chi connectivity index (χ2v) is 7.76. The van der Waals surface area contributed by atoms with Crippen LogP contribution in [0.15, 0.2) is 66.7 Å². The molecule has 166 valence electrons. The van der Waals surface area contributed by atoms with Crippen molar-refractivity contribution < 1.29 is 19.0 Å². The lowest BCUT2D eigenvalue weighted by molar-refractivity contribution is 0.0751. The van der Waals surface area contributed by atoms with E-state index in [0.29, 0.717) is 42.5 Å². The van der Waals surface area contributed by atoms with Crippen molar-refractivity contribution >= 4 is 11.6 Å². The summed E-state index contributed by atoms with van der Waals surface area (Å²) in [7, 11) is 5.18. The molecule has 0 atom stereocenters. The molecule has 0 fully saturated rings. The smallest absolute Gasteiger partial charge is 0.254 e. The van der Waals surface area contributed by atoms with E-state index in [2.05, 4.69) is 24.1 Å². The van der Waals surface area contributed by atoms with E-state index in [0.717, 1.165) is 23.4 Å². The monoisotopic (exact) mass is 432 g/mol. The minimum Gasteiger partial charge on any atom is -0.493 e. The molecule has 0 radical (unpaired) electrons. The van der Waals surface area contributed by atoms with Crippen molar-refractivity contribution in [1.29, 1.82) is 0 Å². The highest BCUT2D eigenvalue weighted by Gasteiger charge is 2.25. The maximum atomic E-state index is 13.5. The molecular weight excluding hydrogens is 404 g/mol. The number of fused-ring (bicyclic) bond motifs is 1. The molecule has 0 saturated carbocycles. The number of likely N-dealkylation sites (N-methyl/N-ethyl adjacent to an activating group) is 1. The molecule has 3 aromatic carbocycles. The first kappa shape index (κ1) is 21.6. The quantitative estimate of drug-likeness (QED) is 0.579. The maximum absolute atomic E-state index is 13.5. The molecule has 1 amide bonds. The van der Waals surface area contributed by atoms with Gasteiger partial charge in [-0.25, -0.2) is 0 Å². The number of nitrogens with zero attached hydrogens (tertiary/aromatic N) is 2. The maximum Gasteiger partial charge on any atom is 0.254 e. The van der Waals surface area contributed by atoms with Crippen LogP contribution in [-0.4, -0.2) is 45.2 Å². The van der Waals surface area contributed by atoms with Gasteiger partial charge in [-0.15, -0.1) is 0 Å². The van der Waals surface area contributed by atoms with E-state index >= 15 is 0 Å². The van der Waals surface area contributed by atoms with Gasteiger partial charge in [0.1, 0.15) is 6.61 Å². The second-order valence-electron chi connectivity index (χ2n) is 7.76. The van der Waals surface area contributed by atoms with Crippen molar-refractivity contribution in [2.75, 3.05) is 39.3 Å². The lowest BCUT2D eigenvalue weighted by atomic mass is 10.1. The molecule has 0 N–H and O–H groups in total. The minimum absolute atomic E-state index is 0.0682. The van der Waals surface area contributed by atoms with Crippen LogP contribution in [0.1, 0.15) is 21.5 Å². The van der Waals surface area contributed by atoms with Gasteiger partial charge in [0.2, 0.25) is 5.75 Å². The fourth-order valence-corrected chi connectivity index (χ4v) is 3.92. The predicted octanol–water partition coefficient (Wildman–Crippen LogP) is 4.38. The van der Waals surface area contributed by atoms with Gasteiger partial charge in [0.25, 0.3) is 5.91 Å². The number of para-hydroxylation sites is 1. The van der Waals surface area contributed by atoms with Gasteiger partial charge < -0.3 is 24.0 Å². The van der Waals surface area contributed by atoms with Crippen LogP contribution in [0.2, 0.25) is 0 Å². The first-order valence-electron chi connectivity index (χ1n) is 10.6. The van der Waals surface area contributed by atoms with Crippen molar-refractivity contribution in [1.82, 2.24) is 4.90 Å². The van der Waals surface area contributed by atoms with Crippen LogP contribution in [0.25, 0.3) is 0 Å². The number of hydrogen-bond donors (Lipinski definition) is 0. The highest BCUT2D eigenvalue weighted by molar-refractivity contribution is 5.96. The van der Waals surface area contributed by atoms with Crippen LogP contribution >= 0.6 is 0 Å². The number of methoxy groups -OCH3 is 2. The van der Waals surface area contributed by atoms with Gasteiger partial charge in [-0.1, -0.05) is 48.5 Å². The van der Waals surface area contributed by atoms with E-state index < -0.39 is 0 Å². The van der Waals surface area contributed by atoms with Crippen LogP contribution in [0.5, 0.6) is 17.2 Å². The molecule has 6 nitrogen and oxygen atoms in total. The van der Waals surface area contributed by atoms with Crippen molar-refractivity contribution in [3.63, 3.8) is 0 Å². The Balaban J connectivity index is 1.60. The summed E-state index contributed by atoms with van der Waals surface area (Å²) in [5.41, 5.74) is 3.82. The Morgan fingerprint density at radius 3 is 2.25 bits per heavy atom. The summed E-state index contributed by atoms with van der Waals surface area (Å²) in [5.74, 6) is 1.35.